The molecule has 0 aliphatic carbocycles. The van der Waals surface area contributed by atoms with Gasteiger partial charge in [-0.25, -0.2) is 9.97 Å². The number of nitrogens with two attached hydrogens (primary N) is 1. The Kier molecular flexibility index (Phi) is 2.42. The number of pyridine rings is 1. The first-order valence-corrected chi connectivity index (χ1v) is 6.47. The first-order chi connectivity index (χ1) is 8.55. The van der Waals surface area contributed by atoms with Gasteiger partial charge in [-0.3, -0.25) is 5.10 Å². The number of aromatic nitrogens is 4. The van der Waals surface area contributed by atoms with Crippen molar-refractivity contribution < 1.29 is 0 Å². The minimum Gasteiger partial charge on any atom is -0.321 e. The van der Waals surface area contributed by atoms with Crippen LogP contribution in [0.3, 0.4) is 0 Å². The highest BCUT2D eigenvalue weighted by Crippen LogP contribution is 2.31. The number of thiazole rings is 1. The van der Waals surface area contributed by atoms with Crippen LogP contribution in [0.5, 0.6) is 0 Å². The van der Waals surface area contributed by atoms with Crippen LogP contribution in [0.15, 0.2) is 23.8 Å². The summed E-state index contributed by atoms with van der Waals surface area (Å²) >= 11 is 1.59. The van der Waals surface area contributed by atoms with Crippen LogP contribution in [0, 0.1) is 0 Å². The topological polar surface area (TPSA) is 80.5 Å². The van der Waals surface area contributed by atoms with Gasteiger partial charge in [0, 0.05) is 22.5 Å². The third kappa shape index (κ3) is 1.79. The second kappa shape index (κ2) is 3.86. The number of fused-ring (bicyclic) bond motifs is 1. The molecule has 0 unspecified atom stereocenters. The molecule has 0 radical (unpaired) electrons. The summed E-state index contributed by atoms with van der Waals surface area (Å²) in [7, 11) is 0. The second-order valence-corrected chi connectivity index (χ2v) is 5.61. The summed E-state index contributed by atoms with van der Waals surface area (Å²) in [5.74, 6) is 0. The van der Waals surface area contributed by atoms with Gasteiger partial charge in [0.25, 0.3) is 0 Å². The van der Waals surface area contributed by atoms with Gasteiger partial charge in [-0.1, -0.05) is 0 Å². The lowest BCUT2D eigenvalue weighted by atomic mass is 10.0. The molecule has 3 heterocycles. The van der Waals surface area contributed by atoms with Crippen molar-refractivity contribution in [3.8, 4) is 10.6 Å². The number of aromatic amines is 1. The van der Waals surface area contributed by atoms with Crippen molar-refractivity contribution in [2.24, 2.45) is 5.73 Å². The van der Waals surface area contributed by atoms with Gasteiger partial charge >= 0.3 is 0 Å². The molecule has 0 aromatic carbocycles. The van der Waals surface area contributed by atoms with E-state index in [0.29, 0.717) is 0 Å². The molecule has 0 amide bonds. The average Bonchev–Trinajstić information content (AvgIpc) is 2.96. The zero-order chi connectivity index (χ0) is 12.8. The summed E-state index contributed by atoms with van der Waals surface area (Å²) in [4.78, 5) is 8.82. The van der Waals surface area contributed by atoms with Gasteiger partial charge in [-0.15, -0.1) is 11.3 Å². The van der Waals surface area contributed by atoms with Crippen LogP contribution in [-0.4, -0.2) is 20.2 Å². The lowest BCUT2D eigenvalue weighted by Gasteiger charge is -2.14. The van der Waals surface area contributed by atoms with Crippen molar-refractivity contribution in [2.75, 3.05) is 0 Å². The molecule has 18 heavy (non-hydrogen) atoms. The SMILES string of the molecule is CC(C)(N)c1csc(-c2ccnc3[nH]ncc23)n1. The van der Waals surface area contributed by atoms with Gasteiger partial charge in [0.15, 0.2) is 5.65 Å². The monoisotopic (exact) mass is 259 g/mol. The molecule has 5 nitrogen and oxygen atoms in total. The third-order valence-electron chi connectivity index (χ3n) is 2.75. The predicted molar refractivity (Wildman–Crippen MR) is 72.2 cm³/mol. The van der Waals surface area contributed by atoms with E-state index in [9.17, 15) is 0 Å². The highest BCUT2D eigenvalue weighted by molar-refractivity contribution is 7.13. The normalized spacial score (nSPS) is 12.2. The van der Waals surface area contributed by atoms with E-state index in [1.807, 2.05) is 25.3 Å². The average molecular weight is 259 g/mol. The summed E-state index contributed by atoms with van der Waals surface area (Å²) in [6, 6.07) is 1.95. The van der Waals surface area contributed by atoms with E-state index >= 15 is 0 Å². The molecule has 6 heteroatoms. The Morgan fingerprint density at radius 2 is 2.22 bits per heavy atom. The van der Waals surface area contributed by atoms with Crippen LogP contribution >= 0.6 is 11.3 Å². The molecular weight excluding hydrogens is 246 g/mol. The summed E-state index contributed by atoms with van der Waals surface area (Å²) in [6.45, 7) is 3.90. The molecule has 3 aromatic rings. The van der Waals surface area contributed by atoms with Crippen LogP contribution in [0.25, 0.3) is 21.6 Å². The van der Waals surface area contributed by atoms with Gasteiger partial charge in [0.05, 0.1) is 17.4 Å². The van der Waals surface area contributed by atoms with Gasteiger partial charge in [0.1, 0.15) is 5.01 Å². The standard InChI is InChI=1S/C12H13N5S/c1-12(2,13)9-6-18-11(16-9)7-3-4-14-10-8(7)5-15-17-10/h3-6H,13H2,1-2H3,(H,14,15,17). The summed E-state index contributed by atoms with van der Waals surface area (Å²) in [6.07, 6.45) is 3.52. The Bertz CT molecular complexity index is 692. The Morgan fingerprint density at radius 3 is 2.94 bits per heavy atom. The van der Waals surface area contributed by atoms with E-state index < -0.39 is 5.54 Å². The number of rotatable bonds is 2. The maximum atomic E-state index is 6.05. The Morgan fingerprint density at radius 1 is 1.39 bits per heavy atom. The van der Waals surface area contributed by atoms with Crippen molar-refractivity contribution in [1.29, 1.82) is 0 Å². The molecule has 0 aliphatic rings. The van der Waals surface area contributed by atoms with Crippen LogP contribution in [0.4, 0.5) is 0 Å². The van der Waals surface area contributed by atoms with E-state index in [-0.39, 0.29) is 0 Å². The maximum Gasteiger partial charge on any atom is 0.155 e. The fraction of sp³-hybridized carbons (Fsp3) is 0.250. The number of H-pyrrole nitrogens is 1. The quantitative estimate of drug-likeness (QED) is 0.739. The molecule has 0 saturated carbocycles. The number of nitrogens with one attached hydrogen (secondary N) is 1. The van der Waals surface area contributed by atoms with Gasteiger partial charge in [-0.2, -0.15) is 5.10 Å². The van der Waals surface area contributed by atoms with Crippen LogP contribution in [0.1, 0.15) is 19.5 Å². The summed E-state index contributed by atoms with van der Waals surface area (Å²) < 4.78 is 0. The summed E-state index contributed by atoms with van der Waals surface area (Å²) in [5, 5.41) is 10.8. The minimum atomic E-state index is -0.419. The molecule has 3 N–H and O–H groups in total. The minimum absolute atomic E-state index is 0.419. The molecule has 0 spiro atoms. The van der Waals surface area contributed by atoms with Gasteiger partial charge in [-0.05, 0) is 19.9 Å². The second-order valence-electron chi connectivity index (χ2n) is 4.75. The van der Waals surface area contributed by atoms with Gasteiger partial charge < -0.3 is 5.73 Å². The highest BCUT2D eigenvalue weighted by Gasteiger charge is 2.19. The van der Waals surface area contributed by atoms with Crippen molar-refractivity contribution in [1.82, 2.24) is 20.2 Å². The maximum absolute atomic E-state index is 6.05. The highest BCUT2D eigenvalue weighted by atomic mass is 32.1. The molecule has 92 valence electrons. The zero-order valence-corrected chi connectivity index (χ0v) is 11.0. The van der Waals surface area contributed by atoms with Gasteiger partial charge in [0.2, 0.25) is 0 Å². The Labute approximate surface area is 108 Å². The van der Waals surface area contributed by atoms with Crippen molar-refractivity contribution >= 4 is 22.4 Å². The molecule has 0 aliphatic heterocycles. The van der Waals surface area contributed by atoms with E-state index in [0.717, 1.165) is 27.3 Å². The first kappa shape index (κ1) is 11.3. The molecule has 3 rings (SSSR count). The van der Waals surface area contributed by atoms with Crippen molar-refractivity contribution in [3.63, 3.8) is 0 Å². The Balaban J connectivity index is 2.15. The van der Waals surface area contributed by atoms with E-state index in [4.69, 9.17) is 5.73 Å². The van der Waals surface area contributed by atoms with Crippen LogP contribution in [0.2, 0.25) is 0 Å². The molecule has 0 bridgehead atoms. The third-order valence-corrected chi connectivity index (χ3v) is 3.62. The van der Waals surface area contributed by atoms with E-state index in [1.54, 1.807) is 23.7 Å². The zero-order valence-electron chi connectivity index (χ0n) is 10.1. The number of nitrogens with zero attached hydrogens (tertiary/aromatic N) is 3. The lowest BCUT2D eigenvalue weighted by molar-refractivity contribution is 0.539. The molecule has 0 fully saturated rings. The lowest BCUT2D eigenvalue weighted by Crippen LogP contribution is -2.28. The molecule has 0 saturated heterocycles. The van der Waals surface area contributed by atoms with Crippen LogP contribution < -0.4 is 5.73 Å². The molecule has 0 atom stereocenters. The van der Waals surface area contributed by atoms with Crippen molar-refractivity contribution in [2.45, 2.75) is 19.4 Å². The fourth-order valence-electron chi connectivity index (χ4n) is 1.73. The predicted octanol–water partition coefficient (Wildman–Crippen LogP) is 2.28. The fourth-order valence-corrected chi connectivity index (χ4v) is 2.77. The Hall–Kier alpha value is -1.79. The summed E-state index contributed by atoms with van der Waals surface area (Å²) in [5.41, 5.74) is 8.34. The smallest absolute Gasteiger partial charge is 0.155 e. The van der Waals surface area contributed by atoms with Crippen molar-refractivity contribution in [3.05, 3.63) is 29.5 Å². The number of hydrogen-bond acceptors (Lipinski definition) is 5. The van der Waals surface area contributed by atoms with Crippen LogP contribution in [-0.2, 0) is 5.54 Å². The van der Waals surface area contributed by atoms with E-state index in [1.165, 1.54) is 0 Å². The molecule has 3 aromatic heterocycles. The first-order valence-electron chi connectivity index (χ1n) is 5.59. The number of hydrogen-bond donors (Lipinski definition) is 2. The van der Waals surface area contributed by atoms with E-state index in [2.05, 4.69) is 20.2 Å². The largest absolute Gasteiger partial charge is 0.321 e. The molecular formula is C12H13N5S.